The molecule has 1 unspecified atom stereocenters. The monoisotopic (exact) mass is 279 g/mol. The lowest BCUT2D eigenvalue weighted by Crippen LogP contribution is -2.39. The highest BCUT2D eigenvalue weighted by atomic mass is 16.4. The molecule has 1 aliphatic carbocycles. The minimum atomic E-state index is -0.379. The lowest BCUT2D eigenvalue weighted by Gasteiger charge is -2.21. The van der Waals surface area contributed by atoms with Gasteiger partial charge in [-0.15, -0.1) is 5.10 Å². The third-order valence-electron chi connectivity index (χ3n) is 4.09. The summed E-state index contributed by atoms with van der Waals surface area (Å²) in [4.78, 5) is 13.9. The SMILES string of the molecule is CNC(=O)C1(C)CCN(c2nnc(CNC3CC3)o2)C1. The van der Waals surface area contributed by atoms with Gasteiger partial charge in [-0.3, -0.25) is 4.79 Å². The van der Waals surface area contributed by atoms with Gasteiger partial charge < -0.3 is 20.0 Å². The van der Waals surface area contributed by atoms with Gasteiger partial charge in [-0.25, -0.2) is 0 Å². The molecular formula is C13H21N5O2. The average Bonchev–Trinajstić information content (AvgIpc) is 3.01. The van der Waals surface area contributed by atoms with Crippen LogP contribution in [0.2, 0.25) is 0 Å². The second-order valence-electron chi connectivity index (χ2n) is 5.94. The van der Waals surface area contributed by atoms with Crippen molar-refractivity contribution < 1.29 is 9.21 Å². The highest BCUT2D eigenvalue weighted by Crippen LogP contribution is 2.32. The zero-order valence-electron chi connectivity index (χ0n) is 12.0. The molecule has 2 aliphatic rings. The van der Waals surface area contributed by atoms with Crippen LogP contribution in [0.3, 0.4) is 0 Å². The predicted molar refractivity (Wildman–Crippen MR) is 73.2 cm³/mol. The molecule has 0 aromatic carbocycles. The van der Waals surface area contributed by atoms with Crippen LogP contribution in [0.1, 0.15) is 32.1 Å². The van der Waals surface area contributed by atoms with Crippen LogP contribution in [-0.2, 0) is 11.3 Å². The number of amides is 1. The topological polar surface area (TPSA) is 83.3 Å². The van der Waals surface area contributed by atoms with Crippen LogP contribution in [0, 0.1) is 5.41 Å². The Hall–Kier alpha value is -1.63. The summed E-state index contributed by atoms with van der Waals surface area (Å²) in [7, 11) is 1.67. The van der Waals surface area contributed by atoms with Gasteiger partial charge in [-0.05, 0) is 26.2 Å². The Morgan fingerprint density at radius 3 is 3.00 bits per heavy atom. The van der Waals surface area contributed by atoms with Crippen molar-refractivity contribution in [1.82, 2.24) is 20.8 Å². The molecule has 20 heavy (non-hydrogen) atoms. The van der Waals surface area contributed by atoms with Crippen molar-refractivity contribution in [3.8, 4) is 0 Å². The van der Waals surface area contributed by atoms with Gasteiger partial charge >= 0.3 is 6.01 Å². The van der Waals surface area contributed by atoms with E-state index in [2.05, 4.69) is 20.8 Å². The second kappa shape index (κ2) is 5.05. The molecule has 1 aromatic rings. The number of nitrogens with one attached hydrogen (secondary N) is 2. The Kier molecular flexibility index (Phi) is 3.37. The molecule has 0 spiro atoms. The quantitative estimate of drug-likeness (QED) is 0.806. The highest BCUT2D eigenvalue weighted by Gasteiger charge is 2.41. The molecule has 0 bridgehead atoms. The van der Waals surface area contributed by atoms with Gasteiger partial charge in [0.15, 0.2) is 0 Å². The number of carbonyl (C=O) groups excluding carboxylic acids is 1. The van der Waals surface area contributed by atoms with Crippen LogP contribution < -0.4 is 15.5 Å². The molecule has 1 aromatic heterocycles. The molecule has 2 heterocycles. The lowest BCUT2D eigenvalue weighted by atomic mass is 9.89. The van der Waals surface area contributed by atoms with E-state index in [1.54, 1.807) is 7.05 Å². The van der Waals surface area contributed by atoms with Crippen molar-refractivity contribution >= 4 is 11.9 Å². The first-order valence-corrected chi connectivity index (χ1v) is 7.14. The van der Waals surface area contributed by atoms with Gasteiger partial charge in [0.2, 0.25) is 11.8 Å². The first-order chi connectivity index (χ1) is 9.60. The summed E-state index contributed by atoms with van der Waals surface area (Å²) in [5.41, 5.74) is -0.379. The van der Waals surface area contributed by atoms with Crippen LogP contribution >= 0.6 is 0 Å². The summed E-state index contributed by atoms with van der Waals surface area (Å²) in [5, 5.41) is 14.2. The van der Waals surface area contributed by atoms with Gasteiger partial charge in [0.25, 0.3) is 0 Å². The van der Waals surface area contributed by atoms with Gasteiger partial charge in [0.05, 0.1) is 12.0 Å². The van der Waals surface area contributed by atoms with Crippen LogP contribution in [0.5, 0.6) is 0 Å². The first-order valence-electron chi connectivity index (χ1n) is 7.14. The van der Waals surface area contributed by atoms with Gasteiger partial charge in [-0.2, -0.15) is 0 Å². The van der Waals surface area contributed by atoms with Crippen molar-refractivity contribution in [2.75, 3.05) is 25.0 Å². The van der Waals surface area contributed by atoms with E-state index in [1.165, 1.54) is 12.8 Å². The Morgan fingerprint density at radius 2 is 2.30 bits per heavy atom. The molecule has 1 aliphatic heterocycles. The van der Waals surface area contributed by atoms with Gasteiger partial charge in [-0.1, -0.05) is 5.10 Å². The van der Waals surface area contributed by atoms with Crippen LogP contribution in [-0.4, -0.2) is 42.3 Å². The fourth-order valence-electron chi connectivity index (χ4n) is 2.57. The number of nitrogens with zero attached hydrogens (tertiary/aromatic N) is 3. The van der Waals surface area contributed by atoms with Crippen molar-refractivity contribution in [3.05, 3.63) is 5.89 Å². The van der Waals surface area contributed by atoms with E-state index in [0.29, 0.717) is 31.0 Å². The van der Waals surface area contributed by atoms with Crippen LogP contribution in [0.4, 0.5) is 6.01 Å². The van der Waals surface area contributed by atoms with E-state index < -0.39 is 0 Å². The Labute approximate surface area is 118 Å². The third kappa shape index (κ3) is 2.63. The summed E-state index contributed by atoms with van der Waals surface area (Å²) in [5.74, 6) is 0.676. The fraction of sp³-hybridized carbons (Fsp3) is 0.769. The third-order valence-corrected chi connectivity index (χ3v) is 4.09. The summed E-state index contributed by atoms with van der Waals surface area (Å²) in [6.45, 7) is 3.97. The van der Waals surface area contributed by atoms with Crippen molar-refractivity contribution in [2.45, 2.75) is 38.8 Å². The molecule has 1 amide bonds. The largest absolute Gasteiger partial charge is 0.407 e. The number of anilines is 1. The van der Waals surface area contributed by atoms with Crippen molar-refractivity contribution in [3.63, 3.8) is 0 Å². The molecule has 3 rings (SSSR count). The Bertz CT molecular complexity index is 499. The highest BCUT2D eigenvalue weighted by molar-refractivity contribution is 5.83. The Morgan fingerprint density at radius 1 is 1.50 bits per heavy atom. The molecule has 7 nitrogen and oxygen atoms in total. The predicted octanol–water partition coefficient (Wildman–Crippen LogP) is 0.284. The fourth-order valence-corrected chi connectivity index (χ4v) is 2.57. The molecule has 1 saturated carbocycles. The standard InChI is InChI=1S/C13H21N5O2/c1-13(11(19)14-2)5-6-18(8-13)12-17-16-10(20-12)7-15-9-3-4-9/h9,15H,3-8H2,1-2H3,(H,14,19). The van der Waals surface area contributed by atoms with E-state index in [1.807, 2.05) is 11.8 Å². The van der Waals surface area contributed by atoms with E-state index in [-0.39, 0.29) is 11.3 Å². The molecule has 2 fully saturated rings. The maximum atomic E-state index is 11.9. The van der Waals surface area contributed by atoms with E-state index in [0.717, 1.165) is 13.0 Å². The molecule has 2 N–H and O–H groups in total. The maximum absolute atomic E-state index is 11.9. The molecule has 1 atom stereocenters. The minimum Gasteiger partial charge on any atom is -0.407 e. The lowest BCUT2D eigenvalue weighted by molar-refractivity contribution is -0.128. The number of rotatable bonds is 5. The van der Waals surface area contributed by atoms with E-state index >= 15 is 0 Å². The number of hydrogen-bond acceptors (Lipinski definition) is 6. The molecule has 7 heteroatoms. The minimum absolute atomic E-state index is 0.0649. The molecular weight excluding hydrogens is 258 g/mol. The molecule has 1 saturated heterocycles. The summed E-state index contributed by atoms with van der Waals surface area (Å²) in [6.07, 6.45) is 3.26. The van der Waals surface area contributed by atoms with E-state index in [4.69, 9.17) is 4.42 Å². The maximum Gasteiger partial charge on any atom is 0.318 e. The molecule has 0 radical (unpaired) electrons. The number of carbonyl (C=O) groups is 1. The number of aromatic nitrogens is 2. The second-order valence-corrected chi connectivity index (χ2v) is 5.94. The van der Waals surface area contributed by atoms with Gasteiger partial charge in [0.1, 0.15) is 0 Å². The summed E-state index contributed by atoms with van der Waals surface area (Å²) in [6, 6.07) is 1.14. The normalized spacial score (nSPS) is 26.0. The van der Waals surface area contributed by atoms with Crippen LogP contribution in [0.25, 0.3) is 0 Å². The smallest absolute Gasteiger partial charge is 0.318 e. The zero-order valence-corrected chi connectivity index (χ0v) is 12.0. The zero-order chi connectivity index (χ0) is 14.2. The van der Waals surface area contributed by atoms with Crippen molar-refractivity contribution in [2.24, 2.45) is 5.41 Å². The molecule has 110 valence electrons. The summed E-state index contributed by atoms with van der Waals surface area (Å²) >= 11 is 0. The van der Waals surface area contributed by atoms with Gasteiger partial charge in [0, 0.05) is 26.2 Å². The van der Waals surface area contributed by atoms with Crippen molar-refractivity contribution in [1.29, 1.82) is 0 Å². The van der Waals surface area contributed by atoms with E-state index in [9.17, 15) is 4.79 Å². The average molecular weight is 279 g/mol. The summed E-state index contributed by atoms with van der Waals surface area (Å²) < 4.78 is 5.66. The first kappa shape index (κ1) is 13.4. The number of hydrogen-bond donors (Lipinski definition) is 2. The van der Waals surface area contributed by atoms with Crippen LogP contribution in [0.15, 0.2) is 4.42 Å². The Balaban J connectivity index is 1.60.